The third-order valence-electron chi connectivity index (χ3n) is 6.51. The standard InChI is InChI=1S/C23H27FN8O2/c1-13(2)16-11-19(31-30-16)28-20-15-5-3-6-17(15)32(34)21(29-20)23(9-4-10-26-23)22(33)27-14-7-8-18(24)25-12-14/h7-8,11-13,26H,3-6,9-10H2,1-2H3,(H,27,33)(H2,28,29,30,31). The lowest BCUT2D eigenvalue weighted by Gasteiger charge is -2.27. The summed E-state index contributed by atoms with van der Waals surface area (Å²) in [5.74, 6) is 0.462. The Bertz CT molecular complexity index is 1220. The van der Waals surface area contributed by atoms with E-state index in [9.17, 15) is 14.4 Å². The van der Waals surface area contributed by atoms with E-state index in [0.717, 1.165) is 28.8 Å². The summed E-state index contributed by atoms with van der Waals surface area (Å²) >= 11 is 0. The largest absolute Gasteiger partial charge is 0.710 e. The van der Waals surface area contributed by atoms with Crippen molar-refractivity contribution < 1.29 is 13.9 Å². The van der Waals surface area contributed by atoms with Crippen molar-refractivity contribution in [1.82, 2.24) is 25.5 Å². The molecule has 0 aromatic carbocycles. The summed E-state index contributed by atoms with van der Waals surface area (Å²) in [6.07, 6.45) is 4.52. The summed E-state index contributed by atoms with van der Waals surface area (Å²) in [4.78, 5) is 21.8. The zero-order valence-electron chi connectivity index (χ0n) is 19.1. The van der Waals surface area contributed by atoms with Gasteiger partial charge in [0.05, 0.1) is 17.4 Å². The van der Waals surface area contributed by atoms with E-state index in [1.165, 1.54) is 18.3 Å². The molecule has 11 heteroatoms. The summed E-state index contributed by atoms with van der Waals surface area (Å²) < 4.78 is 14.0. The van der Waals surface area contributed by atoms with E-state index in [0.29, 0.717) is 48.8 Å². The number of carbonyl (C=O) groups excluding carboxylic acids is 1. The Morgan fingerprint density at radius 1 is 1.29 bits per heavy atom. The number of anilines is 3. The van der Waals surface area contributed by atoms with Crippen molar-refractivity contribution in [1.29, 1.82) is 0 Å². The maximum atomic E-state index is 13.5. The molecule has 2 aliphatic rings. The first-order chi connectivity index (χ1) is 16.4. The zero-order chi connectivity index (χ0) is 23.9. The fourth-order valence-electron chi connectivity index (χ4n) is 4.66. The summed E-state index contributed by atoms with van der Waals surface area (Å²) in [6.45, 7) is 4.70. The van der Waals surface area contributed by atoms with E-state index >= 15 is 0 Å². The smallest absolute Gasteiger partial charge is 0.334 e. The van der Waals surface area contributed by atoms with Gasteiger partial charge in [0.1, 0.15) is 5.69 Å². The zero-order valence-corrected chi connectivity index (χ0v) is 19.1. The molecule has 10 nitrogen and oxygen atoms in total. The average Bonchev–Trinajstić information content (AvgIpc) is 3.58. The number of hydrogen-bond acceptors (Lipinski definition) is 7. The van der Waals surface area contributed by atoms with E-state index in [2.05, 4.69) is 45.0 Å². The SMILES string of the molecule is CC(C)c1cc(Nc2nc(C3(C(=O)Nc4ccc(F)nc4)CCCN3)[n+]([O-])c3c2CCC3)n[nH]1. The number of hydrogen-bond donors (Lipinski definition) is 4. The highest BCUT2D eigenvalue weighted by Gasteiger charge is 2.52. The molecule has 34 heavy (non-hydrogen) atoms. The van der Waals surface area contributed by atoms with Crippen LogP contribution in [0.4, 0.5) is 21.7 Å². The van der Waals surface area contributed by atoms with Gasteiger partial charge >= 0.3 is 5.82 Å². The van der Waals surface area contributed by atoms with Crippen molar-refractivity contribution in [2.45, 2.75) is 57.4 Å². The third-order valence-corrected chi connectivity index (χ3v) is 6.51. The van der Waals surface area contributed by atoms with E-state index in [1.807, 2.05) is 6.07 Å². The van der Waals surface area contributed by atoms with Crippen LogP contribution in [0.15, 0.2) is 24.4 Å². The van der Waals surface area contributed by atoms with Crippen LogP contribution in [0.25, 0.3) is 0 Å². The van der Waals surface area contributed by atoms with Crippen LogP contribution in [0.3, 0.4) is 0 Å². The molecule has 3 aromatic heterocycles. The number of aromatic amines is 1. The number of aromatic nitrogens is 5. The maximum Gasteiger partial charge on any atom is 0.334 e. The molecule has 3 aromatic rings. The van der Waals surface area contributed by atoms with Crippen molar-refractivity contribution in [3.63, 3.8) is 0 Å². The van der Waals surface area contributed by atoms with E-state index < -0.39 is 17.4 Å². The van der Waals surface area contributed by atoms with Crippen LogP contribution in [0.5, 0.6) is 0 Å². The molecule has 1 unspecified atom stereocenters. The van der Waals surface area contributed by atoms with Gasteiger partial charge in [-0.15, -0.1) is 0 Å². The Kier molecular flexibility index (Phi) is 5.64. The molecule has 5 rings (SSSR count). The lowest BCUT2D eigenvalue weighted by molar-refractivity contribution is -0.629. The second-order valence-electron chi connectivity index (χ2n) is 9.10. The van der Waals surface area contributed by atoms with Crippen LogP contribution in [0.1, 0.15) is 61.8 Å². The number of nitrogens with one attached hydrogen (secondary N) is 4. The van der Waals surface area contributed by atoms with Crippen molar-refractivity contribution in [2.24, 2.45) is 0 Å². The fraction of sp³-hybridized carbons (Fsp3) is 0.435. The highest BCUT2D eigenvalue weighted by Crippen LogP contribution is 2.34. The molecule has 1 amide bonds. The Labute approximate surface area is 196 Å². The van der Waals surface area contributed by atoms with Crippen molar-refractivity contribution >= 4 is 23.2 Å². The molecule has 4 N–H and O–H groups in total. The van der Waals surface area contributed by atoms with Gasteiger partial charge < -0.3 is 15.8 Å². The number of pyridine rings is 1. The maximum absolute atomic E-state index is 13.5. The molecule has 0 radical (unpaired) electrons. The molecule has 1 aliphatic heterocycles. The molecule has 1 fully saturated rings. The minimum atomic E-state index is -1.32. The first-order valence-electron chi connectivity index (χ1n) is 11.5. The summed E-state index contributed by atoms with van der Waals surface area (Å²) in [5.41, 5.74) is 1.48. The van der Waals surface area contributed by atoms with Gasteiger partial charge in [-0.25, -0.2) is 9.71 Å². The van der Waals surface area contributed by atoms with Gasteiger partial charge in [-0.05, 0) is 55.3 Å². The van der Waals surface area contributed by atoms with Crippen LogP contribution in [0.2, 0.25) is 0 Å². The molecule has 4 heterocycles. The predicted molar refractivity (Wildman–Crippen MR) is 123 cm³/mol. The Balaban J connectivity index is 1.54. The number of carbonyl (C=O) groups is 1. The number of rotatable bonds is 6. The lowest BCUT2D eigenvalue weighted by atomic mass is 9.94. The first-order valence-corrected chi connectivity index (χ1v) is 11.5. The number of halogens is 1. The van der Waals surface area contributed by atoms with Gasteiger partial charge in [0, 0.05) is 18.2 Å². The van der Waals surface area contributed by atoms with E-state index in [1.54, 1.807) is 0 Å². The molecule has 0 bridgehead atoms. The lowest BCUT2D eigenvalue weighted by Crippen LogP contribution is -2.57. The minimum Gasteiger partial charge on any atom is -0.710 e. The second-order valence-corrected chi connectivity index (χ2v) is 9.10. The minimum absolute atomic E-state index is 0.0975. The molecule has 1 aliphatic carbocycles. The topological polar surface area (TPSA) is 135 Å². The van der Waals surface area contributed by atoms with Crippen LogP contribution in [0, 0.1) is 11.2 Å². The quantitative estimate of drug-likeness (QED) is 0.249. The second kappa shape index (κ2) is 8.64. The molecule has 0 saturated carbocycles. The number of fused-ring (bicyclic) bond motifs is 1. The van der Waals surface area contributed by atoms with Gasteiger partial charge in [0.15, 0.2) is 5.82 Å². The summed E-state index contributed by atoms with van der Waals surface area (Å²) in [7, 11) is 0. The summed E-state index contributed by atoms with van der Waals surface area (Å²) in [6, 6.07) is 4.52. The van der Waals surface area contributed by atoms with Crippen molar-refractivity contribution in [3.05, 3.63) is 58.3 Å². The van der Waals surface area contributed by atoms with Crippen molar-refractivity contribution in [3.8, 4) is 0 Å². The van der Waals surface area contributed by atoms with E-state index in [-0.39, 0.29) is 11.7 Å². The molecule has 178 valence electrons. The van der Waals surface area contributed by atoms with Crippen molar-refractivity contribution in [2.75, 3.05) is 17.2 Å². The van der Waals surface area contributed by atoms with Crippen LogP contribution in [-0.2, 0) is 23.2 Å². The first kappa shape index (κ1) is 22.2. The number of amides is 1. The van der Waals surface area contributed by atoms with Gasteiger partial charge in [0.25, 0.3) is 11.7 Å². The molecule has 1 atom stereocenters. The number of nitrogens with zero attached hydrogens (tertiary/aromatic N) is 4. The molecular weight excluding hydrogens is 439 g/mol. The Hall–Kier alpha value is -3.60. The highest BCUT2D eigenvalue weighted by atomic mass is 19.1. The molecular formula is C23H27FN8O2. The van der Waals surface area contributed by atoms with Gasteiger partial charge in [-0.2, -0.15) is 9.49 Å². The Morgan fingerprint density at radius 3 is 2.82 bits per heavy atom. The average molecular weight is 467 g/mol. The fourth-order valence-corrected chi connectivity index (χ4v) is 4.66. The van der Waals surface area contributed by atoms with Gasteiger partial charge in [0.2, 0.25) is 11.5 Å². The number of H-pyrrole nitrogens is 1. The third kappa shape index (κ3) is 3.85. The summed E-state index contributed by atoms with van der Waals surface area (Å²) in [5, 5.41) is 30.1. The van der Waals surface area contributed by atoms with Crippen LogP contribution < -0.4 is 20.7 Å². The monoisotopic (exact) mass is 466 g/mol. The molecule has 1 saturated heterocycles. The Morgan fingerprint density at radius 2 is 2.15 bits per heavy atom. The van der Waals surface area contributed by atoms with Gasteiger partial charge in [-0.1, -0.05) is 13.8 Å². The van der Waals surface area contributed by atoms with Crippen LogP contribution in [-0.4, -0.2) is 32.6 Å². The normalized spacial score (nSPS) is 19.4. The predicted octanol–water partition coefficient (Wildman–Crippen LogP) is 2.55. The van der Waals surface area contributed by atoms with Crippen LogP contribution >= 0.6 is 0 Å². The molecule has 0 spiro atoms. The van der Waals surface area contributed by atoms with Gasteiger partial charge in [-0.3, -0.25) is 15.2 Å². The highest BCUT2D eigenvalue weighted by molar-refractivity contribution is 5.98. The van der Waals surface area contributed by atoms with E-state index in [4.69, 9.17) is 4.98 Å².